The molecular formula is C29H33F3O4S. The molecule has 3 aromatic rings. The van der Waals surface area contributed by atoms with E-state index in [9.17, 15) is 18.0 Å². The van der Waals surface area contributed by atoms with Gasteiger partial charge in [0.25, 0.3) is 0 Å². The Kier molecular flexibility index (Phi) is 9.29. The molecule has 1 unspecified atom stereocenters. The van der Waals surface area contributed by atoms with E-state index in [1.807, 2.05) is 12.1 Å². The predicted molar refractivity (Wildman–Crippen MR) is 142 cm³/mol. The van der Waals surface area contributed by atoms with Crippen molar-refractivity contribution in [1.82, 2.24) is 0 Å². The molecule has 1 aromatic heterocycles. The van der Waals surface area contributed by atoms with E-state index < -0.39 is 30.8 Å². The minimum absolute atomic E-state index is 0.0344. The van der Waals surface area contributed by atoms with Crippen molar-refractivity contribution in [2.45, 2.75) is 52.6 Å². The summed E-state index contributed by atoms with van der Waals surface area (Å²) in [5, 5.41) is 0.954. The summed E-state index contributed by atoms with van der Waals surface area (Å²) in [6.07, 6.45) is -0.149. The van der Waals surface area contributed by atoms with E-state index in [1.165, 1.54) is 36.7 Å². The van der Waals surface area contributed by atoms with Crippen LogP contribution in [0.15, 0.2) is 54.6 Å². The molecule has 2 aromatic carbocycles. The molecule has 4 nitrogen and oxygen atoms in total. The molecule has 0 radical (unpaired) electrons. The van der Waals surface area contributed by atoms with Crippen molar-refractivity contribution in [3.8, 4) is 21.9 Å². The molecule has 1 heterocycles. The number of methoxy groups -OCH3 is 1. The number of alkyl halides is 3. The monoisotopic (exact) mass is 534 g/mol. The Labute approximate surface area is 220 Å². The second kappa shape index (κ2) is 12.0. The Morgan fingerprint density at radius 1 is 1.05 bits per heavy atom. The van der Waals surface area contributed by atoms with E-state index in [1.54, 1.807) is 19.2 Å². The molecule has 0 amide bonds. The summed E-state index contributed by atoms with van der Waals surface area (Å²) >= 11 is 1.52. The summed E-state index contributed by atoms with van der Waals surface area (Å²) < 4.78 is 58.3. The molecule has 0 aliphatic carbocycles. The van der Waals surface area contributed by atoms with Crippen molar-refractivity contribution in [3.63, 3.8) is 0 Å². The first-order valence-corrected chi connectivity index (χ1v) is 13.0. The van der Waals surface area contributed by atoms with Gasteiger partial charge >= 0.3 is 12.1 Å². The SMILES string of the molecule is C=C(C)C(=O)OCC(C)(COc1ccc2cc(-c3ccc(CCCCC)cc3OC)sc2c1)C(F)(F)F. The molecule has 1 atom stereocenters. The highest BCUT2D eigenvalue weighted by Crippen LogP contribution is 2.41. The minimum atomic E-state index is -4.64. The molecule has 0 bridgehead atoms. The molecule has 0 N–H and O–H groups in total. The van der Waals surface area contributed by atoms with Gasteiger partial charge in [0.1, 0.15) is 30.1 Å². The van der Waals surface area contributed by atoms with Gasteiger partial charge in [0.15, 0.2) is 0 Å². The first kappa shape index (κ1) is 28.6. The number of halogens is 3. The molecule has 3 rings (SSSR count). The molecule has 0 aliphatic rings. The predicted octanol–water partition coefficient (Wildman–Crippen LogP) is 8.38. The molecule has 37 heavy (non-hydrogen) atoms. The summed E-state index contributed by atoms with van der Waals surface area (Å²) in [7, 11) is 1.65. The van der Waals surface area contributed by atoms with Gasteiger partial charge in [0.05, 0.1) is 7.11 Å². The van der Waals surface area contributed by atoms with Crippen LogP contribution in [0.4, 0.5) is 13.2 Å². The normalized spacial score (nSPS) is 13.3. The van der Waals surface area contributed by atoms with Crippen LogP contribution in [-0.2, 0) is 16.0 Å². The van der Waals surface area contributed by atoms with Gasteiger partial charge in [-0.1, -0.05) is 32.4 Å². The van der Waals surface area contributed by atoms with Gasteiger partial charge in [-0.2, -0.15) is 13.2 Å². The molecule has 0 saturated carbocycles. The summed E-state index contributed by atoms with van der Waals surface area (Å²) in [6.45, 7) is 6.37. The Hall–Kier alpha value is -3.00. The largest absolute Gasteiger partial charge is 0.496 e. The van der Waals surface area contributed by atoms with Gasteiger partial charge in [0.2, 0.25) is 0 Å². The number of esters is 1. The molecule has 0 saturated heterocycles. The van der Waals surface area contributed by atoms with Crippen LogP contribution in [0.25, 0.3) is 20.5 Å². The quantitative estimate of drug-likeness (QED) is 0.133. The average Bonchev–Trinajstić information content (AvgIpc) is 3.28. The lowest BCUT2D eigenvalue weighted by molar-refractivity contribution is -0.240. The number of thiophene rings is 1. The Bertz CT molecular complexity index is 1250. The van der Waals surface area contributed by atoms with Crippen molar-refractivity contribution in [3.05, 3.63) is 60.2 Å². The van der Waals surface area contributed by atoms with E-state index >= 15 is 0 Å². The zero-order valence-electron chi connectivity index (χ0n) is 21.7. The molecule has 8 heteroatoms. The third-order valence-electron chi connectivity index (χ3n) is 6.20. The van der Waals surface area contributed by atoms with Crippen LogP contribution in [0.2, 0.25) is 0 Å². The number of fused-ring (bicyclic) bond motifs is 1. The van der Waals surface area contributed by atoms with Gasteiger partial charge < -0.3 is 14.2 Å². The number of rotatable bonds is 12. The lowest BCUT2D eigenvalue weighted by Gasteiger charge is -2.31. The number of hydrogen-bond donors (Lipinski definition) is 0. The fourth-order valence-corrected chi connectivity index (χ4v) is 4.83. The van der Waals surface area contributed by atoms with E-state index in [-0.39, 0.29) is 5.57 Å². The van der Waals surface area contributed by atoms with Crippen LogP contribution in [0, 0.1) is 5.41 Å². The van der Waals surface area contributed by atoms with E-state index in [2.05, 4.69) is 31.7 Å². The van der Waals surface area contributed by atoms with Gasteiger partial charge in [-0.3, -0.25) is 0 Å². The Morgan fingerprint density at radius 3 is 2.46 bits per heavy atom. The van der Waals surface area contributed by atoms with Gasteiger partial charge in [-0.05, 0) is 74.0 Å². The van der Waals surface area contributed by atoms with Crippen LogP contribution < -0.4 is 9.47 Å². The van der Waals surface area contributed by atoms with Crippen LogP contribution in [0.5, 0.6) is 11.5 Å². The highest BCUT2D eigenvalue weighted by Gasteiger charge is 2.53. The van der Waals surface area contributed by atoms with Gasteiger partial charge in [-0.15, -0.1) is 11.3 Å². The summed E-state index contributed by atoms with van der Waals surface area (Å²) in [4.78, 5) is 12.6. The number of carbonyl (C=O) groups is 1. The number of ether oxygens (including phenoxy) is 3. The van der Waals surface area contributed by atoms with Crippen LogP contribution in [0.3, 0.4) is 0 Å². The number of carbonyl (C=O) groups excluding carboxylic acids is 1. The summed E-state index contributed by atoms with van der Waals surface area (Å²) in [5.41, 5.74) is -0.144. The Morgan fingerprint density at radius 2 is 1.81 bits per heavy atom. The maximum absolute atomic E-state index is 13.8. The molecule has 0 fully saturated rings. The molecular weight excluding hydrogens is 501 g/mol. The fraction of sp³-hybridized carbons (Fsp3) is 0.414. The highest BCUT2D eigenvalue weighted by molar-refractivity contribution is 7.22. The van der Waals surface area contributed by atoms with Crippen LogP contribution >= 0.6 is 11.3 Å². The standard InChI is InChI=1S/C29H33F3O4S/c1-6-7-8-9-20-10-13-23(24(14-20)34-5)26-15-21-11-12-22(16-25(21)37-26)35-17-28(4,29(30,31)32)18-36-27(33)19(2)3/h10-16H,2,6-9,17-18H2,1,3-5H3. The van der Waals surface area contributed by atoms with Gasteiger partial charge in [0, 0.05) is 20.7 Å². The molecule has 0 aliphatic heterocycles. The van der Waals surface area contributed by atoms with E-state index in [4.69, 9.17) is 14.2 Å². The maximum Gasteiger partial charge on any atom is 0.400 e. The van der Waals surface area contributed by atoms with Crippen molar-refractivity contribution in [1.29, 1.82) is 0 Å². The Balaban J connectivity index is 1.78. The molecule has 0 spiro atoms. The lowest BCUT2D eigenvalue weighted by Crippen LogP contribution is -2.44. The van der Waals surface area contributed by atoms with Crippen molar-refractivity contribution in [2.24, 2.45) is 5.41 Å². The number of unbranched alkanes of at least 4 members (excludes halogenated alkanes) is 2. The zero-order chi connectivity index (χ0) is 27.2. The summed E-state index contributed by atoms with van der Waals surface area (Å²) in [5.74, 6) is 0.232. The second-order valence-corrected chi connectivity index (χ2v) is 10.6. The lowest BCUT2D eigenvalue weighted by atomic mass is 9.92. The third-order valence-corrected chi connectivity index (χ3v) is 7.34. The summed E-state index contributed by atoms with van der Waals surface area (Å²) in [6, 6.07) is 13.5. The maximum atomic E-state index is 13.8. The second-order valence-electron chi connectivity index (χ2n) is 9.51. The first-order valence-electron chi connectivity index (χ1n) is 12.2. The number of benzene rings is 2. The van der Waals surface area contributed by atoms with Crippen molar-refractivity contribution in [2.75, 3.05) is 20.3 Å². The smallest absolute Gasteiger partial charge is 0.400 e. The fourth-order valence-electron chi connectivity index (χ4n) is 3.70. The van der Waals surface area contributed by atoms with Crippen LogP contribution in [-0.4, -0.2) is 32.5 Å². The topological polar surface area (TPSA) is 44.8 Å². The first-order chi connectivity index (χ1) is 17.5. The average molecular weight is 535 g/mol. The number of aryl methyl sites for hydroxylation is 1. The highest BCUT2D eigenvalue weighted by atomic mass is 32.1. The molecule has 200 valence electrons. The number of hydrogen-bond acceptors (Lipinski definition) is 5. The van der Waals surface area contributed by atoms with E-state index in [0.29, 0.717) is 5.75 Å². The van der Waals surface area contributed by atoms with Gasteiger partial charge in [-0.25, -0.2) is 4.79 Å². The minimum Gasteiger partial charge on any atom is -0.496 e. The van der Waals surface area contributed by atoms with Crippen molar-refractivity contribution < 1.29 is 32.2 Å². The third kappa shape index (κ3) is 7.06. The zero-order valence-corrected chi connectivity index (χ0v) is 22.5. The van der Waals surface area contributed by atoms with Crippen molar-refractivity contribution >= 4 is 27.4 Å². The van der Waals surface area contributed by atoms with Crippen LogP contribution in [0.1, 0.15) is 45.6 Å². The van der Waals surface area contributed by atoms with E-state index in [0.717, 1.165) is 46.0 Å².